The summed E-state index contributed by atoms with van der Waals surface area (Å²) in [5.74, 6) is 0.623. The molecule has 0 aliphatic rings. The maximum absolute atomic E-state index is 12.0. The van der Waals surface area contributed by atoms with Crippen LogP contribution in [0.1, 0.15) is 38.8 Å². The van der Waals surface area contributed by atoms with Crippen LogP contribution in [0.25, 0.3) is 0 Å². The van der Waals surface area contributed by atoms with Crippen molar-refractivity contribution in [2.24, 2.45) is 0 Å². The van der Waals surface area contributed by atoms with E-state index in [-0.39, 0.29) is 17.7 Å². The molecule has 9 heteroatoms. The first-order valence-corrected chi connectivity index (χ1v) is 11.0. The van der Waals surface area contributed by atoms with Crippen molar-refractivity contribution in [1.29, 1.82) is 0 Å². The summed E-state index contributed by atoms with van der Waals surface area (Å²) in [6.45, 7) is 3.49. The molecule has 2 aromatic rings. The number of amides is 3. The number of thioether (sulfide) groups is 1. The van der Waals surface area contributed by atoms with E-state index in [0.717, 1.165) is 18.5 Å². The largest absolute Gasteiger partial charge is 0.326 e. The quantitative estimate of drug-likeness (QED) is 0.537. The summed E-state index contributed by atoms with van der Waals surface area (Å²) in [5, 5.41) is 10.8. The van der Waals surface area contributed by atoms with Crippen molar-refractivity contribution in [3.05, 3.63) is 35.3 Å². The van der Waals surface area contributed by atoms with E-state index in [1.807, 2.05) is 12.3 Å². The second kappa shape index (κ2) is 11.5. The van der Waals surface area contributed by atoms with E-state index in [1.165, 1.54) is 30.0 Å². The first-order valence-electron chi connectivity index (χ1n) is 8.95. The van der Waals surface area contributed by atoms with Gasteiger partial charge in [-0.25, -0.2) is 4.98 Å². The molecule has 0 unspecified atom stereocenters. The van der Waals surface area contributed by atoms with Crippen molar-refractivity contribution in [1.82, 2.24) is 4.98 Å². The summed E-state index contributed by atoms with van der Waals surface area (Å²) in [7, 11) is 0. The van der Waals surface area contributed by atoms with Gasteiger partial charge in [0.1, 0.15) is 0 Å². The topological polar surface area (TPSA) is 100 Å². The number of rotatable bonds is 10. The lowest BCUT2D eigenvalue weighted by Crippen LogP contribution is -2.14. The van der Waals surface area contributed by atoms with Crippen LogP contribution in [0.2, 0.25) is 0 Å². The van der Waals surface area contributed by atoms with Crippen molar-refractivity contribution >= 4 is 57.3 Å². The lowest BCUT2D eigenvalue weighted by atomic mass is 10.2. The number of nitrogens with one attached hydrogen (secondary N) is 3. The number of hydrogen-bond donors (Lipinski definition) is 3. The lowest BCUT2D eigenvalue weighted by molar-refractivity contribution is -0.116. The van der Waals surface area contributed by atoms with Gasteiger partial charge >= 0.3 is 0 Å². The van der Waals surface area contributed by atoms with E-state index in [1.54, 1.807) is 24.3 Å². The molecule has 0 saturated heterocycles. The van der Waals surface area contributed by atoms with E-state index in [9.17, 15) is 14.4 Å². The third-order valence-corrected chi connectivity index (χ3v) is 5.30. The molecule has 0 bridgehead atoms. The number of aromatic nitrogens is 1. The smallest absolute Gasteiger partial charge is 0.234 e. The van der Waals surface area contributed by atoms with Gasteiger partial charge in [0.25, 0.3) is 0 Å². The van der Waals surface area contributed by atoms with Gasteiger partial charge in [-0.05, 0) is 30.7 Å². The van der Waals surface area contributed by atoms with Crippen LogP contribution < -0.4 is 16.0 Å². The van der Waals surface area contributed by atoms with Crippen LogP contribution in [0, 0.1) is 0 Å². The van der Waals surface area contributed by atoms with Gasteiger partial charge in [-0.15, -0.1) is 23.1 Å². The Morgan fingerprint density at radius 1 is 1.04 bits per heavy atom. The zero-order chi connectivity index (χ0) is 20.4. The third kappa shape index (κ3) is 8.10. The van der Waals surface area contributed by atoms with Crippen LogP contribution in [0.3, 0.4) is 0 Å². The van der Waals surface area contributed by atoms with Crippen LogP contribution >= 0.6 is 23.1 Å². The van der Waals surface area contributed by atoms with Crippen LogP contribution in [0.5, 0.6) is 0 Å². The third-order valence-electron chi connectivity index (χ3n) is 3.53. The Hall–Kier alpha value is -2.39. The molecule has 0 aliphatic carbocycles. The molecule has 0 atom stereocenters. The minimum atomic E-state index is -0.140. The minimum Gasteiger partial charge on any atom is -0.326 e. The molecule has 28 heavy (non-hydrogen) atoms. The first-order chi connectivity index (χ1) is 13.5. The number of benzene rings is 1. The predicted molar refractivity (Wildman–Crippen MR) is 116 cm³/mol. The normalized spacial score (nSPS) is 10.4. The van der Waals surface area contributed by atoms with Crippen LogP contribution in [0.15, 0.2) is 29.6 Å². The molecule has 3 N–H and O–H groups in total. The van der Waals surface area contributed by atoms with E-state index in [0.29, 0.717) is 34.4 Å². The van der Waals surface area contributed by atoms with Gasteiger partial charge < -0.3 is 16.0 Å². The highest BCUT2D eigenvalue weighted by Gasteiger charge is 2.08. The number of thiazole rings is 1. The Bertz CT molecular complexity index is 806. The zero-order valence-electron chi connectivity index (χ0n) is 15.9. The highest BCUT2D eigenvalue weighted by molar-refractivity contribution is 7.99. The fourth-order valence-electron chi connectivity index (χ4n) is 2.24. The Morgan fingerprint density at radius 3 is 2.36 bits per heavy atom. The molecular weight excluding hydrogens is 396 g/mol. The van der Waals surface area contributed by atoms with Crippen molar-refractivity contribution in [3.8, 4) is 0 Å². The molecule has 0 fully saturated rings. The van der Waals surface area contributed by atoms with Crippen LogP contribution in [-0.2, 0) is 20.1 Å². The van der Waals surface area contributed by atoms with E-state index in [4.69, 9.17) is 0 Å². The number of carbonyl (C=O) groups is 3. The summed E-state index contributed by atoms with van der Waals surface area (Å²) >= 11 is 2.85. The van der Waals surface area contributed by atoms with Gasteiger partial charge in [-0.3, -0.25) is 14.4 Å². The number of anilines is 3. The highest BCUT2D eigenvalue weighted by Crippen LogP contribution is 2.20. The zero-order valence-corrected chi connectivity index (χ0v) is 17.5. The lowest BCUT2D eigenvalue weighted by Gasteiger charge is -2.06. The molecule has 0 saturated carbocycles. The predicted octanol–water partition coefficient (Wildman–Crippen LogP) is 4.10. The summed E-state index contributed by atoms with van der Waals surface area (Å²) in [6, 6.07) is 6.94. The average Bonchev–Trinajstić information content (AvgIpc) is 3.08. The van der Waals surface area contributed by atoms with E-state index in [2.05, 4.69) is 20.9 Å². The minimum absolute atomic E-state index is 0.0145. The van der Waals surface area contributed by atoms with Crippen molar-refractivity contribution < 1.29 is 14.4 Å². The fraction of sp³-hybridized carbons (Fsp3) is 0.368. The molecule has 1 aromatic carbocycles. The van der Waals surface area contributed by atoms with Gasteiger partial charge in [0.15, 0.2) is 5.13 Å². The Balaban J connectivity index is 1.70. The molecule has 2 rings (SSSR count). The number of nitrogens with zero attached hydrogens (tertiary/aromatic N) is 1. The molecule has 0 aliphatic heterocycles. The first kappa shape index (κ1) is 21.9. The summed E-state index contributed by atoms with van der Waals surface area (Å²) in [5.41, 5.74) is 2.19. The second-order valence-electron chi connectivity index (χ2n) is 6.10. The highest BCUT2D eigenvalue weighted by atomic mass is 32.2. The second-order valence-corrected chi connectivity index (χ2v) is 7.94. The van der Waals surface area contributed by atoms with E-state index < -0.39 is 0 Å². The van der Waals surface area contributed by atoms with Gasteiger partial charge in [0, 0.05) is 35.9 Å². The molecule has 7 nitrogen and oxygen atoms in total. The van der Waals surface area contributed by atoms with Gasteiger partial charge in [-0.2, -0.15) is 0 Å². The van der Waals surface area contributed by atoms with Crippen molar-refractivity contribution in [2.75, 3.05) is 21.7 Å². The summed E-state index contributed by atoms with van der Waals surface area (Å²) in [6.07, 6.45) is 2.35. The maximum atomic E-state index is 12.0. The summed E-state index contributed by atoms with van der Waals surface area (Å²) < 4.78 is 0. The Kier molecular flexibility index (Phi) is 8.96. The Morgan fingerprint density at radius 2 is 1.71 bits per heavy atom. The monoisotopic (exact) mass is 420 g/mol. The van der Waals surface area contributed by atoms with Gasteiger partial charge in [0.2, 0.25) is 17.7 Å². The van der Waals surface area contributed by atoms with Crippen molar-refractivity contribution in [2.45, 2.75) is 38.9 Å². The standard InChI is InChI=1S/C19H24N4O3S2/c1-3-4-5-17(25)23-19-22-16(11-28-19)10-27-12-18(26)21-15-8-6-14(7-9-15)20-13(2)24/h6-9,11H,3-5,10,12H2,1-2H3,(H,20,24)(H,21,26)(H,22,23,25). The van der Waals surface area contributed by atoms with E-state index >= 15 is 0 Å². The Labute approximate surface area is 172 Å². The van der Waals surface area contributed by atoms with Crippen LogP contribution in [-0.4, -0.2) is 28.5 Å². The van der Waals surface area contributed by atoms with Gasteiger partial charge in [-0.1, -0.05) is 13.3 Å². The number of unbranched alkanes of at least 4 members (excludes halogenated alkanes) is 1. The van der Waals surface area contributed by atoms with Crippen LogP contribution in [0.4, 0.5) is 16.5 Å². The SMILES string of the molecule is CCCCC(=O)Nc1nc(CSCC(=O)Nc2ccc(NC(C)=O)cc2)cs1. The van der Waals surface area contributed by atoms with Gasteiger partial charge in [0.05, 0.1) is 11.4 Å². The molecular formula is C19H24N4O3S2. The maximum Gasteiger partial charge on any atom is 0.234 e. The molecule has 1 aromatic heterocycles. The molecule has 150 valence electrons. The molecule has 1 heterocycles. The number of carbonyl (C=O) groups excluding carboxylic acids is 3. The van der Waals surface area contributed by atoms with Crippen molar-refractivity contribution in [3.63, 3.8) is 0 Å². The molecule has 0 spiro atoms. The number of hydrogen-bond acceptors (Lipinski definition) is 6. The fourth-order valence-corrected chi connectivity index (χ4v) is 3.78. The molecule has 3 amide bonds. The average molecular weight is 421 g/mol. The molecule has 0 radical (unpaired) electrons. The summed E-state index contributed by atoms with van der Waals surface area (Å²) in [4.78, 5) is 39.1.